The molecule has 0 amide bonds. The van der Waals surface area contributed by atoms with Crippen LogP contribution in [0.3, 0.4) is 0 Å². The molecule has 1 aliphatic rings. The number of likely N-dealkylation sites (tertiary alicyclic amines) is 1. The molecule has 0 bridgehead atoms. The van der Waals surface area contributed by atoms with Gasteiger partial charge in [0.15, 0.2) is 0 Å². The van der Waals surface area contributed by atoms with Crippen molar-refractivity contribution in [1.29, 1.82) is 0 Å². The number of piperidine rings is 1. The molecule has 3 aromatic rings. The van der Waals surface area contributed by atoms with Crippen LogP contribution in [0.25, 0.3) is 11.1 Å². The van der Waals surface area contributed by atoms with Crippen LogP contribution >= 0.6 is 0 Å². The second-order valence-electron chi connectivity index (χ2n) is 7.55. The third kappa shape index (κ3) is 5.12. The normalized spacial score (nSPS) is 16.0. The maximum absolute atomic E-state index is 12.8. The van der Waals surface area contributed by atoms with E-state index in [1.807, 2.05) is 48.5 Å². The van der Waals surface area contributed by atoms with Crippen LogP contribution in [0.2, 0.25) is 0 Å². The highest BCUT2D eigenvalue weighted by atomic mass is 32.2. The zero-order valence-corrected chi connectivity index (χ0v) is 17.2. The lowest BCUT2D eigenvalue weighted by molar-refractivity contribution is 0.200. The summed E-state index contributed by atoms with van der Waals surface area (Å²) < 4.78 is 28.5. The highest BCUT2D eigenvalue weighted by Gasteiger charge is 2.24. The van der Waals surface area contributed by atoms with Gasteiger partial charge in [-0.3, -0.25) is 4.90 Å². The van der Waals surface area contributed by atoms with E-state index >= 15 is 0 Å². The number of sulfonamides is 1. The zero-order valence-electron chi connectivity index (χ0n) is 16.4. The number of nitrogens with zero attached hydrogens (tertiary/aromatic N) is 1. The molecule has 0 aromatic heterocycles. The van der Waals surface area contributed by atoms with Gasteiger partial charge in [0.1, 0.15) is 0 Å². The summed E-state index contributed by atoms with van der Waals surface area (Å²) in [6.07, 6.45) is 1.66. The van der Waals surface area contributed by atoms with E-state index < -0.39 is 10.0 Å². The molecule has 1 saturated heterocycles. The van der Waals surface area contributed by atoms with E-state index in [-0.39, 0.29) is 6.04 Å². The van der Waals surface area contributed by atoms with E-state index in [2.05, 4.69) is 33.9 Å². The van der Waals surface area contributed by atoms with Gasteiger partial charge in [-0.15, -0.1) is 0 Å². The fraction of sp³-hybridized carbons (Fsp3) is 0.250. The Kier molecular flexibility index (Phi) is 6.09. The number of hydrogen-bond acceptors (Lipinski definition) is 3. The predicted molar refractivity (Wildman–Crippen MR) is 117 cm³/mol. The fourth-order valence-electron chi connectivity index (χ4n) is 3.80. The number of nitrogens with one attached hydrogen (secondary N) is 1. The predicted octanol–water partition coefficient (Wildman–Crippen LogP) is 4.30. The molecule has 0 unspecified atom stereocenters. The molecule has 0 radical (unpaired) electrons. The first-order valence-electron chi connectivity index (χ1n) is 10.0. The molecule has 0 spiro atoms. The standard InChI is InChI=1S/C24H26N2O2S/c27-29(28,24-13-11-22(12-14-24)21-9-5-2-6-10-21)25-23-15-17-26(18-16-23)19-20-7-3-1-4-8-20/h1-14,23,25H,15-19H2. The van der Waals surface area contributed by atoms with E-state index in [0.29, 0.717) is 4.90 Å². The van der Waals surface area contributed by atoms with Crippen LogP contribution in [0.5, 0.6) is 0 Å². The number of hydrogen-bond donors (Lipinski definition) is 1. The first-order chi connectivity index (χ1) is 14.1. The Morgan fingerprint density at radius 2 is 1.31 bits per heavy atom. The molecule has 3 aromatic carbocycles. The highest BCUT2D eigenvalue weighted by Crippen LogP contribution is 2.22. The smallest absolute Gasteiger partial charge is 0.240 e. The van der Waals surface area contributed by atoms with Crippen LogP contribution in [0.4, 0.5) is 0 Å². The summed E-state index contributed by atoms with van der Waals surface area (Å²) in [4.78, 5) is 2.71. The van der Waals surface area contributed by atoms with Crippen molar-refractivity contribution in [1.82, 2.24) is 9.62 Å². The van der Waals surface area contributed by atoms with Crippen LogP contribution in [0.1, 0.15) is 18.4 Å². The quantitative estimate of drug-likeness (QED) is 0.664. The molecule has 1 N–H and O–H groups in total. The molecule has 1 fully saturated rings. The van der Waals surface area contributed by atoms with Gasteiger partial charge in [0.2, 0.25) is 10.0 Å². The summed E-state index contributed by atoms with van der Waals surface area (Å²) in [6, 6.07) is 27.5. The molecule has 150 valence electrons. The van der Waals surface area contributed by atoms with Gasteiger partial charge in [0, 0.05) is 25.7 Å². The van der Waals surface area contributed by atoms with Crippen molar-refractivity contribution in [3.63, 3.8) is 0 Å². The van der Waals surface area contributed by atoms with Gasteiger partial charge in [-0.2, -0.15) is 0 Å². The minimum Gasteiger partial charge on any atom is -0.299 e. The third-order valence-electron chi connectivity index (χ3n) is 5.43. The summed E-state index contributed by atoms with van der Waals surface area (Å²) in [7, 11) is -3.50. The van der Waals surface area contributed by atoms with E-state index in [4.69, 9.17) is 0 Å². The highest BCUT2D eigenvalue weighted by molar-refractivity contribution is 7.89. The van der Waals surface area contributed by atoms with Crippen LogP contribution in [-0.4, -0.2) is 32.4 Å². The SMILES string of the molecule is O=S(=O)(NC1CCN(Cc2ccccc2)CC1)c1ccc(-c2ccccc2)cc1. The van der Waals surface area contributed by atoms with Gasteiger partial charge in [0.25, 0.3) is 0 Å². The molecule has 0 atom stereocenters. The van der Waals surface area contributed by atoms with E-state index in [1.165, 1.54) is 5.56 Å². The van der Waals surface area contributed by atoms with Crippen LogP contribution in [0, 0.1) is 0 Å². The van der Waals surface area contributed by atoms with Gasteiger partial charge >= 0.3 is 0 Å². The third-order valence-corrected chi connectivity index (χ3v) is 6.97. The number of benzene rings is 3. The molecule has 5 heteroatoms. The van der Waals surface area contributed by atoms with Crippen LogP contribution in [0.15, 0.2) is 89.8 Å². The average molecular weight is 407 g/mol. The Morgan fingerprint density at radius 3 is 1.93 bits per heavy atom. The first-order valence-corrected chi connectivity index (χ1v) is 11.5. The lowest BCUT2D eigenvalue weighted by Crippen LogP contribution is -2.44. The molecule has 0 saturated carbocycles. The number of rotatable bonds is 6. The van der Waals surface area contributed by atoms with Gasteiger partial charge in [-0.25, -0.2) is 13.1 Å². The Morgan fingerprint density at radius 1 is 0.759 bits per heavy atom. The Hall–Kier alpha value is -2.47. The molecule has 4 rings (SSSR count). The van der Waals surface area contributed by atoms with Gasteiger partial charge < -0.3 is 0 Å². The lowest BCUT2D eigenvalue weighted by Gasteiger charge is -2.32. The minimum absolute atomic E-state index is 0.0131. The van der Waals surface area contributed by atoms with E-state index in [9.17, 15) is 8.42 Å². The Labute approximate surface area is 173 Å². The van der Waals surface area contributed by atoms with Crippen molar-refractivity contribution in [3.05, 3.63) is 90.5 Å². The van der Waals surface area contributed by atoms with E-state index in [1.54, 1.807) is 12.1 Å². The van der Waals surface area contributed by atoms with Crippen molar-refractivity contribution in [2.75, 3.05) is 13.1 Å². The molecule has 1 aliphatic heterocycles. The Balaban J connectivity index is 1.34. The van der Waals surface area contributed by atoms with Crippen LogP contribution < -0.4 is 4.72 Å². The summed E-state index contributed by atoms with van der Waals surface area (Å²) in [5, 5.41) is 0. The second kappa shape index (κ2) is 8.91. The molecular weight excluding hydrogens is 380 g/mol. The topological polar surface area (TPSA) is 49.4 Å². The minimum atomic E-state index is -3.50. The second-order valence-corrected chi connectivity index (χ2v) is 9.26. The zero-order chi connectivity index (χ0) is 20.1. The van der Waals surface area contributed by atoms with Crippen molar-refractivity contribution in [2.24, 2.45) is 0 Å². The van der Waals surface area contributed by atoms with Gasteiger partial charge in [-0.05, 0) is 41.7 Å². The summed E-state index contributed by atoms with van der Waals surface area (Å²) in [5.74, 6) is 0. The van der Waals surface area contributed by atoms with Crippen LogP contribution in [-0.2, 0) is 16.6 Å². The fourth-order valence-corrected chi connectivity index (χ4v) is 5.10. The molecule has 4 nitrogen and oxygen atoms in total. The van der Waals surface area contributed by atoms with Crippen molar-refractivity contribution in [3.8, 4) is 11.1 Å². The lowest BCUT2D eigenvalue weighted by atomic mass is 10.1. The van der Waals surface area contributed by atoms with Crippen molar-refractivity contribution >= 4 is 10.0 Å². The first kappa shape index (κ1) is 19.8. The van der Waals surface area contributed by atoms with E-state index in [0.717, 1.165) is 43.6 Å². The largest absolute Gasteiger partial charge is 0.299 e. The van der Waals surface area contributed by atoms with Crippen molar-refractivity contribution < 1.29 is 8.42 Å². The monoisotopic (exact) mass is 406 g/mol. The summed E-state index contributed by atoms with van der Waals surface area (Å²) in [6.45, 7) is 2.71. The van der Waals surface area contributed by atoms with Gasteiger partial charge in [0.05, 0.1) is 4.90 Å². The Bertz CT molecular complexity index is 1010. The molecule has 1 heterocycles. The summed E-state index contributed by atoms with van der Waals surface area (Å²) >= 11 is 0. The average Bonchev–Trinajstić information content (AvgIpc) is 2.76. The molecule has 0 aliphatic carbocycles. The summed E-state index contributed by atoms with van der Waals surface area (Å²) in [5.41, 5.74) is 3.39. The van der Waals surface area contributed by atoms with Gasteiger partial charge in [-0.1, -0.05) is 72.8 Å². The van der Waals surface area contributed by atoms with Crippen molar-refractivity contribution in [2.45, 2.75) is 30.3 Å². The maximum Gasteiger partial charge on any atom is 0.240 e. The molecular formula is C24H26N2O2S. The molecule has 29 heavy (non-hydrogen) atoms. The maximum atomic E-state index is 12.8.